The molecule has 1 aliphatic heterocycles. The summed E-state index contributed by atoms with van der Waals surface area (Å²) in [6, 6.07) is -1.38. The molecule has 0 aromatic carbocycles. The van der Waals surface area contributed by atoms with Crippen LogP contribution >= 0.6 is 0 Å². The maximum Gasteiger partial charge on any atom is 0.312 e. The average molecular weight is 344 g/mol. The van der Waals surface area contributed by atoms with Crippen molar-refractivity contribution in [2.24, 2.45) is 11.7 Å². The number of carbonyl (C=O) groups is 4. The number of nitrogens with one attached hydrogen (secondary N) is 1. The van der Waals surface area contributed by atoms with Gasteiger partial charge in [0.15, 0.2) is 0 Å². The highest BCUT2D eigenvalue weighted by atomic mass is 16.5. The Labute approximate surface area is 140 Å². The number of hydrogen-bond acceptors (Lipinski definition) is 7. The van der Waals surface area contributed by atoms with Gasteiger partial charge >= 0.3 is 11.9 Å². The van der Waals surface area contributed by atoms with Crippen LogP contribution in [0.1, 0.15) is 33.1 Å². The van der Waals surface area contributed by atoms with E-state index in [0.29, 0.717) is 13.0 Å². The van der Waals surface area contributed by atoms with E-state index in [1.807, 2.05) is 0 Å². The Morgan fingerprint density at radius 2 is 1.88 bits per heavy atom. The normalized spacial score (nSPS) is 19.2. The Bertz CT molecular complexity index is 474. The molecule has 3 N–H and O–H groups in total. The highest BCUT2D eigenvalue weighted by Crippen LogP contribution is 2.16. The molecular formula is C15H24N2O7. The van der Waals surface area contributed by atoms with E-state index in [2.05, 4.69) is 5.32 Å². The Hall–Kier alpha value is -2.16. The SMILES string of the molecule is CCOC(=O)C[C@@H](C(=O)OCC)[C@H](NC(=O)[C@H]1CCCO1)C(N)=O. The number of nitrogens with two attached hydrogens (primary N) is 1. The summed E-state index contributed by atoms with van der Waals surface area (Å²) in [6.07, 6.45) is 0.117. The highest BCUT2D eigenvalue weighted by molar-refractivity contribution is 5.93. The van der Waals surface area contributed by atoms with Crippen molar-refractivity contribution in [2.75, 3.05) is 19.8 Å². The first kappa shape index (κ1) is 19.9. The molecule has 0 radical (unpaired) electrons. The predicted molar refractivity (Wildman–Crippen MR) is 81.5 cm³/mol. The lowest BCUT2D eigenvalue weighted by Crippen LogP contribution is -2.54. The van der Waals surface area contributed by atoms with E-state index < -0.39 is 48.2 Å². The van der Waals surface area contributed by atoms with Gasteiger partial charge < -0.3 is 25.3 Å². The van der Waals surface area contributed by atoms with Crippen LogP contribution in [-0.4, -0.2) is 55.7 Å². The van der Waals surface area contributed by atoms with E-state index in [0.717, 1.165) is 6.42 Å². The number of esters is 2. The quantitative estimate of drug-likeness (QED) is 0.526. The summed E-state index contributed by atoms with van der Waals surface area (Å²) in [4.78, 5) is 47.7. The van der Waals surface area contributed by atoms with Crippen LogP contribution in [0.2, 0.25) is 0 Å². The maximum absolute atomic E-state index is 12.1. The van der Waals surface area contributed by atoms with Crippen molar-refractivity contribution in [2.45, 2.75) is 45.3 Å². The van der Waals surface area contributed by atoms with E-state index in [-0.39, 0.29) is 13.2 Å². The van der Waals surface area contributed by atoms with Gasteiger partial charge in [-0.25, -0.2) is 0 Å². The van der Waals surface area contributed by atoms with Crippen LogP contribution in [0.5, 0.6) is 0 Å². The Kier molecular flexibility index (Phi) is 8.17. The van der Waals surface area contributed by atoms with Crippen LogP contribution in [0.15, 0.2) is 0 Å². The molecule has 2 amide bonds. The Morgan fingerprint density at radius 1 is 1.21 bits per heavy atom. The van der Waals surface area contributed by atoms with Gasteiger partial charge in [-0.3, -0.25) is 19.2 Å². The molecule has 0 aliphatic carbocycles. The van der Waals surface area contributed by atoms with Crippen molar-refractivity contribution in [1.29, 1.82) is 0 Å². The second-order valence-corrected chi connectivity index (χ2v) is 5.26. The van der Waals surface area contributed by atoms with Gasteiger partial charge in [0.2, 0.25) is 11.8 Å². The van der Waals surface area contributed by atoms with Gasteiger partial charge in [0.25, 0.3) is 0 Å². The van der Waals surface area contributed by atoms with Crippen molar-refractivity contribution in [3.8, 4) is 0 Å². The van der Waals surface area contributed by atoms with Crippen molar-refractivity contribution in [1.82, 2.24) is 5.32 Å². The molecule has 9 nitrogen and oxygen atoms in total. The summed E-state index contributed by atoms with van der Waals surface area (Å²) in [5.74, 6) is -4.24. The van der Waals surface area contributed by atoms with Crippen molar-refractivity contribution in [3.05, 3.63) is 0 Å². The predicted octanol–water partition coefficient (Wildman–Crippen LogP) is -0.732. The topological polar surface area (TPSA) is 134 Å². The van der Waals surface area contributed by atoms with Gasteiger partial charge in [-0.15, -0.1) is 0 Å². The Morgan fingerprint density at radius 3 is 2.38 bits per heavy atom. The third-order valence-electron chi connectivity index (χ3n) is 3.51. The van der Waals surface area contributed by atoms with E-state index in [9.17, 15) is 19.2 Å². The maximum atomic E-state index is 12.1. The fourth-order valence-electron chi connectivity index (χ4n) is 2.39. The summed E-state index contributed by atoms with van der Waals surface area (Å²) >= 11 is 0. The van der Waals surface area contributed by atoms with Crippen molar-refractivity contribution in [3.63, 3.8) is 0 Å². The summed E-state index contributed by atoms with van der Waals surface area (Å²) in [7, 11) is 0. The first-order chi connectivity index (χ1) is 11.4. The first-order valence-corrected chi connectivity index (χ1v) is 7.94. The summed E-state index contributed by atoms with van der Waals surface area (Å²) in [5, 5.41) is 2.40. The molecule has 0 aromatic rings. The minimum atomic E-state index is -1.38. The largest absolute Gasteiger partial charge is 0.466 e. The second-order valence-electron chi connectivity index (χ2n) is 5.26. The van der Waals surface area contributed by atoms with Gasteiger partial charge in [-0.2, -0.15) is 0 Å². The van der Waals surface area contributed by atoms with Gasteiger partial charge in [-0.05, 0) is 26.7 Å². The van der Waals surface area contributed by atoms with Crippen molar-refractivity contribution >= 4 is 23.8 Å². The van der Waals surface area contributed by atoms with Gasteiger partial charge in [-0.1, -0.05) is 0 Å². The zero-order valence-corrected chi connectivity index (χ0v) is 13.9. The summed E-state index contributed by atoms with van der Waals surface area (Å²) in [6.45, 7) is 3.83. The standard InChI is InChI=1S/C15H24N2O7/c1-3-22-11(18)8-9(15(21)23-4-2)12(13(16)19)17-14(20)10-6-5-7-24-10/h9-10,12H,3-8H2,1-2H3,(H2,16,19)(H,17,20)/t9-,10-,12+/m1/s1. The van der Waals surface area contributed by atoms with Crippen LogP contribution in [0, 0.1) is 5.92 Å². The van der Waals surface area contributed by atoms with E-state index in [1.165, 1.54) is 0 Å². The molecule has 0 unspecified atom stereocenters. The number of amides is 2. The number of ether oxygens (including phenoxy) is 3. The van der Waals surface area contributed by atoms with E-state index in [4.69, 9.17) is 19.9 Å². The van der Waals surface area contributed by atoms with Gasteiger partial charge in [0, 0.05) is 6.61 Å². The molecule has 1 fully saturated rings. The summed E-state index contributed by atoms with van der Waals surface area (Å²) in [5.41, 5.74) is 5.31. The smallest absolute Gasteiger partial charge is 0.312 e. The van der Waals surface area contributed by atoms with Crippen LogP contribution in [0.3, 0.4) is 0 Å². The minimum Gasteiger partial charge on any atom is -0.466 e. The highest BCUT2D eigenvalue weighted by Gasteiger charge is 2.38. The first-order valence-electron chi connectivity index (χ1n) is 7.94. The fraction of sp³-hybridized carbons (Fsp3) is 0.733. The average Bonchev–Trinajstić information content (AvgIpc) is 3.05. The lowest BCUT2D eigenvalue weighted by Gasteiger charge is -2.24. The zero-order valence-electron chi connectivity index (χ0n) is 13.9. The molecule has 136 valence electrons. The van der Waals surface area contributed by atoms with Crippen molar-refractivity contribution < 1.29 is 33.4 Å². The molecule has 1 saturated heterocycles. The molecule has 0 bridgehead atoms. The molecule has 1 aliphatic rings. The molecule has 0 aromatic heterocycles. The monoisotopic (exact) mass is 344 g/mol. The van der Waals surface area contributed by atoms with Gasteiger partial charge in [0.05, 0.1) is 25.6 Å². The van der Waals surface area contributed by atoms with E-state index >= 15 is 0 Å². The van der Waals surface area contributed by atoms with E-state index in [1.54, 1.807) is 13.8 Å². The lowest BCUT2D eigenvalue weighted by atomic mass is 9.95. The molecule has 1 rings (SSSR count). The second kappa shape index (κ2) is 9.86. The molecule has 1 heterocycles. The number of rotatable bonds is 9. The molecular weight excluding hydrogens is 320 g/mol. The van der Waals surface area contributed by atoms with Crippen LogP contribution < -0.4 is 11.1 Å². The summed E-state index contributed by atoms with van der Waals surface area (Å²) < 4.78 is 14.9. The Balaban J connectivity index is 2.89. The van der Waals surface area contributed by atoms with Crippen LogP contribution in [0.25, 0.3) is 0 Å². The van der Waals surface area contributed by atoms with Gasteiger partial charge in [0.1, 0.15) is 12.1 Å². The molecule has 0 saturated carbocycles. The lowest BCUT2D eigenvalue weighted by molar-refractivity contribution is -0.157. The number of carbonyl (C=O) groups excluding carboxylic acids is 4. The van der Waals surface area contributed by atoms with Crippen LogP contribution in [0.4, 0.5) is 0 Å². The molecule has 9 heteroatoms. The number of hydrogen-bond donors (Lipinski definition) is 2. The number of primary amides is 1. The fourth-order valence-corrected chi connectivity index (χ4v) is 2.39. The zero-order chi connectivity index (χ0) is 18.1. The molecule has 3 atom stereocenters. The third kappa shape index (κ3) is 5.80. The molecule has 24 heavy (non-hydrogen) atoms. The minimum absolute atomic E-state index is 0.0589. The van der Waals surface area contributed by atoms with Crippen LogP contribution in [-0.2, 0) is 33.4 Å². The third-order valence-corrected chi connectivity index (χ3v) is 3.51. The molecule has 0 spiro atoms.